The highest BCUT2D eigenvalue weighted by Crippen LogP contribution is 2.39. The van der Waals surface area contributed by atoms with Crippen LogP contribution in [0.3, 0.4) is 0 Å². The fraction of sp³-hybridized carbons (Fsp3) is 0.357. The number of benzene rings is 2. The highest BCUT2D eigenvalue weighted by molar-refractivity contribution is 6.33. The summed E-state index contributed by atoms with van der Waals surface area (Å²) < 4.78 is 49.1. The van der Waals surface area contributed by atoms with Crippen LogP contribution >= 0.6 is 11.6 Å². The first kappa shape index (κ1) is 26.2. The number of hydrogen-bond acceptors (Lipinski definition) is 5. The quantitative estimate of drug-likeness (QED) is 0.235. The Morgan fingerprint density at radius 3 is 2.47 bits per heavy atom. The van der Waals surface area contributed by atoms with Gasteiger partial charge in [-0.05, 0) is 68.5 Å². The molecule has 6 nitrogen and oxygen atoms in total. The van der Waals surface area contributed by atoms with Gasteiger partial charge < -0.3 is 14.4 Å². The lowest BCUT2D eigenvalue weighted by Gasteiger charge is -2.27. The molecular weight excluding hydrogens is 517 g/mol. The van der Waals surface area contributed by atoms with Crippen LogP contribution in [0.1, 0.15) is 42.3 Å². The molecule has 200 valence electrons. The molecule has 0 saturated heterocycles. The Bertz CT molecular complexity index is 1470. The average Bonchev–Trinajstić information content (AvgIpc) is 3.46. The molecule has 0 radical (unpaired) electrons. The molecule has 38 heavy (non-hydrogen) atoms. The van der Waals surface area contributed by atoms with E-state index in [0.29, 0.717) is 17.3 Å². The van der Waals surface area contributed by atoms with Gasteiger partial charge in [-0.15, -0.1) is 13.2 Å². The number of anilines is 1. The first-order valence-electron chi connectivity index (χ1n) is 12.5. The van der Waals surface area contributed by atoms with E-state index >= 15 is 0 Å². The van der Waals surface area contributed by atoms with Crippen molar-refractivity contribution in [3.05, 3.63) is 70.0 Å². The van der Waals surface area contributed by atoms with E-state index in [4.69, 9.17) is 26.4 Å². The van der Waals surface area contributed by atoms with Crippen LogP contribution in [0.15, 0.2) is 42.5 Å². The smallest absolute Gasteiger partial charge is 0.497 e. The van der Waals surface area contributed by atoms with Crippen LogP contribution < -0.4 is 14.4 Å². The molecule has 0 aliphatic heterocycles. The fourth-order valence-corrected chi connectivity index (χ4v) is 5.39. The zero-order valence-electron chi connectivity index (χ0n) is 21.4. The van der Waals surface area contributed by atoms with Crippen molar-refractivity contribution in [2.24, 2.45) is 0 Å². The number of ether oxygens (including phenoxy) is 2. The van der Waals surface area contributed by atoms with Crippen molar-refractivity contribution < 1.29 is 22.6 Å². The minimum Gasteiger partial charge on any atom is -0.497 e. The van der Waals surface area contributed by atoms with Crippen LogP contribution in [0.25, 0.3) is 16.8 Å². The zero-order chi connectivity index (χ0) is 27.0. The molecule has 4 aromatic rings. The Morgan fingerprint density at radius 2 is 1.82 bits per heavy atom. The molecule has 5 rings (SSSR count). The normalized spacial score (nSPS) is 13.1. The predicted octanol–water partition coefficient (Wildman–Crippen LogP) is 7.17. The van der Waals surface area contributed by atoms with Crippen LogP contribution in [-0.4, -0.2) is 34.6 Å². The van der Waals surface area contributed by atoms with Crippen molar-refractivity contribution in [2.75, 3.05) is 18.6 Å². The summed E-state index contributed by atoms with van der Waals surface area (Å²) in [5.41, 5.74) is 6.33. The summed E-state index contributed by atoms with van der Waals surface area (Å²) in [6, 6.07) is 11.6. The van der Waals surface area contributed by atoms with E-state index in [2.05, 4.69) is 16.6 Å². The van der Waals surface area contributed by atoms with Crippen molar-refractivity contribution >= 4 is 23.1 Å². The molecule has 0 fully saturated rings. The average molecular weight is 545 g/mol. The number of methoxy groups -OCH3 is 1. The number of alkyl halides is 3. The lowest BCUT2D eigenvalue weighted by molar-refractivity contribution is -0.274. The van der Waals surface area contributed by atoms with Gasteiger partial charge in [0.15, 0.2) is 5.65 Å². The summed E-state index contributed by atoms with van der Waals surface area (Å²) >= 11 is 6.67. The molecule has 0 amide bonds. The number of aryl methyl sites for hydroxylation is 2. The van der Waals surface area contributed by atoms with E-state index < -0.39 is 6.36 Å². The summed E-state index contributed by atoms with van der Waals surface area (Å²) in [6.07, 6.45) is -1.07. The van der Waals surface area contributed by atoms with E-state index in [1.54, 1.807) is 25.3 Å². The number of rotatable bonds is 8. The van der Waals surface area contributed by atoms with Gasteiger partial charge in [0.2, 0.25) is 0 Å². The van der Waals surface area contributed by atoms with Crippen LogP contribution in [0, 0.1) is 6.92 Å². The Morgan fingerprint density at radius 1 is 1.08 bits per heavy atom. The number of fused-ring (bicyclic) bond motifs is 2. The fourth-order valence-electron chi connectivity index (χ4n) is 5.13. The second-order valence-corrected chi connectivity index (χ2v) is 9.78. The van der Waals surface area contributed by atoms with Crippen molar-refractivity contribution in [2.45, 2.75) is 52.4 Å². The molecular formula is C28H28ClF3N4O2. The van der Waals surface area contributed by atoms with Crippen LogP contribution in [0.2, 0.25) is 5.02 Å². The number of hydrogen-bond donors (Lipinski definition) is 0. The summed E-state index contributed by atoms with van der Waals surface area (Å²) in [5.74, 6) is 1.40. The standard InChI is InChI=1S/C28H28ClF3N4O2/c1-4-14-35(16-18-8-10-19(11-9-18)38-28(30,31)32)27-22-6-5-7-24(22)33-26-25(17(2)34-36(26)27)21-13-12-20(37-3)15-23(21)29/h8-13,15H,4-7,14,16H2,1-3H3. The largest absolute Gasteiger partial charge is 0.573 e. The second-order valence-electron chi connectivity index (χ2n) is 9.37. The summed E-state index contributed by atoms with van der Waals surface area (Å²) in [6.45, 7) is 5.29. The molecule has 0 atom stereocenters. The summed E-state index contributed by atoms with van der Waals surface area (Å²) in [4.78, 5) is 7.29. The first-order valence-corrected chi connectivity index (χ1v) is 12.9. The highest BCUT2D eigenvalue weighted by atomic mass is 35.5. The second kappa shape index (κ2) is 10.4. The van der Waals surface area contributed by atoms with Gasteiger partial charge in [0, 0.05) is 29.9 Å². The van der Waals surface area contributed by atoms with Gasteiger partial charge in [-0.2, -0.15) is 9.61 Å². The Hall–Kier alpha value is -3.46. The van der Waals surface area contributed by atoms with E-state index in [1.165, 1.54) is 12.1 Å². The molecule has 2 aromatic heterocycles. The minimum absolute atomic E-state index is 0.237. The maximum absolute atomic E-state index is 12.6. The van der Waals surface area contributed by atoms with Gasteiger partial charge >= 0.3 is 6.36 Å². The van der Waals surface area contributed by atoms with Crippen molar-refractivity contribution in [3.63, 3.8) is 0 Å². The lowest BCUT2D eigenvalue weighted by Crippen LogP contribution is -2.27. The zero-order valence-corrected chi connectivity index (χ0v) is 22.2. The summed E-state index contributed by atoms with van der Waals surface area (Å²) in [5, 5.41) is 5.48. The van der Waals surface area contributed by atoms with Crippen LogP contribution in [-0.2, 0) is 19.4 Å². The topological polar surface area (TPSA) is 51.9 Å². The van der Waals surface area contributed by atoms with Gasteiger partial charge in [-0.1, -0.05) is 30.7 Å². The Balaban J connectivity index is 1.60. The third kappa shape index (κ3) is 5.12. The van der Waals surface area contributed by atoms with Crippen LogP contribution in [0.5, 0.6) is 11.5 Å². The van der Waals surface area contributed by atoms with Gasteiger partial charge in [0.05, 0.1) is 23.4 Å². The first-order chi connectivity index (χ1) is 18.2. The molecule has 1 aliphatic carbocycles. The molecule has 0 bridgehead atoms. The van der Waals surface area contributed by atoms with Crippen molar-refractivity contribution in [1.29, 1.82) is 0 Å². The molecule has 0 unspecified atom stereocenters. The molecule has 2 heterocycles. The Labute approximate surface area is 224 Å². The monoisotopic (exact) mass is 544 g/mol. The van der Waals surface area contributed by atoms with E-state index in [9.17, 15) is 13.2 Å². The predicted molar refractivity (Wildman–Crippen MR) is 141 cm³/mol. The molecule has 0 saturated carbocycles. The molecule has 2 aromatic carbocycles. The molecule has 1 aliphatic rings. The summed E-state index contributed by atoms with van der Waals surface area (Å²) in [7, 11) is 1.60. The van der Waals surface area contributed by atoms with E-state index in [1.807, 2.05) is 23.6 Å². The third-order valence-electron chi connectivity index (χ3n) is 6.71. The molecule has 0 spiro atoms. The minimum atomic E-state index is -4.72. The number of aromatic nitrogens is 3. The molecule has 0 N–H and O–H groups in total. The van der Waals surface area contributed by atoms with Gasteiger partial charge in [-0.3, -0.25) is 0 Å². The van der Waals surface area contributed by atoms with Crippen LogP contribution in [0.4, 0.5) is 19.0 Å². The maximum atomic E-state index is 12.6. The third-order valence-corrected chi connectivity index (χ3v) is 7.02. The SMILES string of the molecule is CCCN(Cc1ccc(OC(F)(F)F)cc1)c1c2c(nc3c(-c4ccc(OC)cc4Cl)c(C)nn13)CCC2. The number of nitrogens with zero attached hydrogens (tertiary/aromatic N) is 4. The van der Waals surface area contributed by atoms with Crippen molar-refractivity contribution in [3.8, 4) is 22.6 Å². The maximum Gasteiger partial charge on any atom is 0.573 e. The Kier molecular flexibility index (Phi) is 7.13. The van der Waals surface area contributed by atoms with Crippen molar-refractivity contribution in [1.82, 2.24) is 14.6 Å². The van der Waals surface area contributed by atoms with E-state index in [-0.39, 0.29) is 5.75 Å². The van der Waals surface area contributed by atoms with Gasteiger partial charge in [0.25, 0.3) is 0 Å². The van der Waals surface area contributed by atoms with Gasteiger partial charge in [-0.25, -0.2) is 4.98 Å². The van der Waals surface area contributed by atoms with E-state index in [0.717, 1.165) is 77.3 Å². The lowest BCUT2D eigenvalue weighted by atomic mass is 10.1. The van der Waals surface area contributed by atoms with Gasteiger partial charge in [0.1, 0.15) is 17.3 Å². The molecule has 10 heteroatoms. The highest BCUT2D eigenvalue weighted by Gasteiger charge is 2.31. The number of halogens is 4.